The lowest BCUT2D eigenvalue weighted by Crippen LogP contribution is -2.54. The van der Waals surface area contributed by atoms with Crippen LogP contribution in [0.5, 0.6) is 5.75 Å². The molecule has 5 aliphatic rings. The molecule has 0 spiro atoms. The van der Waals surface area contributed by atoms with Crippen molar-refractivity contribution in [3.8, 4) is 5.75 Å². The molecule has 1 aromatic carbocycles. The largest absolute Gasteiger partial charge is 0.490 e. The molecule has 4 aliphatic heterocycles. The molecule has 6 rings (SSSR count). The third-order valence-electron chi connectivity index (χ3n) is 8.71. The first kappa shape index (κ1) is 23.6. The number of rotatable bonds is 5. The average Bonchev–Trinajstić information content (AvgIpc) is 3.11. The number of benzene rings is 1. The maximum absolute atomic E-state index is 13.0. The molecule has 4 amide bonds. The Bertz CT molecular complexity index is 1070. The second kappa shape index (κ2) is 9.59. The van der Waals surface area contributed by atoms with E-state index in [4.69, 9.17) is 4.74 Å². The molecule has 1 saturated carbocycles. The number of hydrogen-bond donors (Lipinski definition) is 1. The molecule has 0 aromatic heterocycles. The summed E-state index contributed by atoms with van der Waals surface area (Å²) >= 11 is 0. The lowest BCUT2D eigenvalue weighted by molar-refractivity contribution is -0.136. The van der Waals surface area contributed by atoms with Gasteiger partial charge in [0.05, 0.1) is 11.1 Å². The van der Waals surface area contributed by atoms with Crippen LogP contribution in [0.2, 0.25) is 0 Å². The Morgan fingerprint density at radius 3 is 2.19 bits per heavy atom. The molecular weight excluding hydrogens is 460 g/mol. The number of piperidine rings is 3. The topological polar surface area (TPSA) is 99.3 Å². The summed E-state index contributed by atoms with van der Waals surface area (Å²) in [5.41, 5.74) is 0.540. The zero-order chi connectivity index (χ0) is 24.8. The number of imide groups is 2. The van der Waals surface area contributed by atoms with Gasteiger partial charge in [-0.1, -0.05) is 6.42 Å². The normalized spacial score (nSPS) is 30.2. The Hall–Kier alpha value is -2.78. The number of ether oxygens (including phenoxy) is 1. The minimum atomic E-state index is -0.953. The summed E-state index contributed by atoms with van der Waals surface area (Å²) in [4.78, 5) is 55.9. The number of carbonyl (C=O) groups excluding carboxylic acids is 4. The first-order valence-corrected chi connectivity index (χ1v) is 13.5. The van der Waals surface area contributed by atoms with Gasteiger partial charge in [-0.3, -0.25) is 34.3 Å². The second-order valence-corrected chi connectivity index (χ2v) is 10.9. The highest BCUT2D eigenvalue weighted by atomic mass is 16.5. The highest BCUT2D eigenvalue weighted by molar-refractivity contribution is 6.23. The van der Waals surface area contributed by atoms with Crippen LogP contribution in [0.25, 0.3) is 0 Å². The van der Waals surface area contributed by atoms with E-state index in [1.165, 1.54) is 45.2 Å². The summed E-state index contributed by atoms with van der Waals surface area (Å²) in [7, 11) is 0. The number of amides is 4. The van der Waals surface area contributed by atoms with E-state index in [0.717, 1.165) is 36.9 Å². The summed E-state index contributed by atoms with van der Waals surface area (Å²) in [5, 5.41) is 2.22. The van der Waals surface area contributed by atoms with E-state index in [1.807, 2.05) is 0 Å². The molecule has 9 heteroatoms. The number of nitrogens with zero attached hydrogens (tertiary/aromatic N) is 3. The molecule has 1 aliphatic carbocycles. The minimum absolute atomic E-state index is 0.103. The van der Waals surface area contributed by atoms with Gasteiger partial charge < -0.3 is 9.64 Å². The van der Waals surface area contributed by atoms with Crippen molar-refractivity contribution in [3.05, 3.63) is 29.3 Å². The Labute approximate surface area is 211 Å². The van der Waals surface area contributed by atoms with E-state index in [9.17, 15) is 19.2 Å². The molecule has 3 saturated heterocycles. The van der Waals surface area contributed by atoms with Crippen LogP contribution >= 0.6 is 0 Å². The van der Waals surface area contributed by atoms with Crippen LogP contribution in [0.1, 0.15) is 78.5 Å². The van der Waals surface area contributed by atoms with Crippen LogP contribution in [0.3, 0.4) is 0 Å². The molecule has 192 valence electrons. The van der Waals surface area contributed by atoms with Crippen LogP contribution < -0.4 is 10.1 Å². The third-order valence-corrected chi connectivity index (χ3v) is 8.71. The fourth-order valence-corrected chi connectivity index (χ4v) is 6.55. The summed E-state index contributed by atoms with van der Waals surface area (Å²) in [6, 6.07) is 5.32. The molecule has 0 bridgehead atoms. The Balaban J connectivity index is 1.02. The fourth-order valence-electron chi connectivity index (χ4n) is 6.55. The van der Waals surface area contributed by atoms with Gasteiger partial charge in [-0.2, -0.15) is 0 Å². The number of fused-ring (bicyclic) bond motifs is 1. The highest BCUT2D eigenvalue weighted by Crippen LogP contribution is 2.35. The molecule has 1 unspecified atom stereocenters. The van der Waals surface area contributed by atoms with Crippen molar-refractivity contribution in [3.63, 3.8) is 0 Å². The van der Waals surface area contributed by atoms with Crippen molar-refractivity contribution in [2.45, 2.75) is 82.0 Å². The van der Waals surface area contributed by atoms with Crippen LogP contribution in [-0.2, 0) is 9.59 Å². The standard InChI is InChI=1S/C27H34N4O5/c32-24-7-6-23(25(33)28-24)31-26(34)21-5-4-19(16-22(21)27(31)35)36-20-14-18(15-20)30-12-8-17(9-13-30)29-10-2-1-3-11-29/h4-5,16-18,20,23H,1-3,6-15H2,(H,28,32,33). The maximum atomic E-state index is 13.0. The first-order chi connectivity index (χ1) is 17.5. The molecule has 4 fully saturated rings. The van der Waals surface area contributed by atoms with Crippen molar-refractivity contribution in [2.24, 2.45) is 0 Å². The minimum Gasteiger partial charge on any atom is -0.490 e. The van der Waals surface area contributed by atoms with Gasteiger partial charge in [0.2, 0.25) is 11.8 Å². The zero-order valence-corrected chi connectivity index (χ0v) is 20.6. The molecule has 1 atom stereocenters. The van der Waals surface area contributed by atoms with Crippen molar-refractivity contribution >= 4 is 23.6 Å². The lowest BCUT2D eigenvalue weighted by Gasteiger charge is -2.47. The van der Waals surface area contributed by atoms with Crippen LogP contribution in [0.15, 0.2) is 18.2 Å². The van der Waals surface area contributed by atoms with Crippen molar-refractivity contribution in [2.75, 3.05) is 26.2 Å². The van der Waals surface area contributed by atoms with Crippen LogP contribution in [-0.4, -0.2) is 88.7 Å². The van der Waals surface area contributed by atoms with Gasteiger partial charge in [0.1, 0.15) is 17.9 Å². The lowest BCUT2D eigenvalue weighted by atomic mass is 9.86. The fraction of sp³-hybridized carbons (Fsp3) is 0.630. The summed E-state index contributed by atoms with van der Waals surface area (Å²) in [5.74, 6) is -1.40. The average molecular weight is 495 g/mol. The number of carbonyl (C=O) groups is 4. The van der Waals surface area contributed by atoms with E-state index in [0.29, 0.717) is 11.8 Å². The molecule has 1 aromatic rings. The van der Waals surface area contributed by atoms with Crippen molar-refractivity contribution < 1.29 is 23.9 Å². The highest BCUT2D eigenvalue weighted by Gasteiger charge is 2.45. The first-order valence-electron chi connectivity index (χ1n) is 13.5. The van der Waals surface area contributed by atoms with Gasteiger partial charge in [-0.25, -0.2) is 0 Å². The zero-order valence-electron chi connectivity index (χ0n) is 20.6. The van der Waals surface area contributed by atoms with Gasteiger partial charge in [-0.15, -0.1) is 0 Å². The maximum Gasteiger partial charge on any atom is 0.262 e. The Morgan fingerprint density at radius 2 is 1.47 bits per heavy atom. The predicted molar refractivity (Wildman–Crippen MR) is 131 cm³/mol. The summed E-state index contributed by atoms with van der Waals surface area (Å²) < 4.78 is 6.17. The van der Waals surface area contributed by atoms with E-state index in [1.54, 1.807) is 18.2 Å². The SMILES string of the molecule is O=C1CCC(N2C(=O)c3ccc(OC4CC(N5CCC(N6CCCCC6)CC5)C4)cc3C2=O)C(=O)N1. The molecule has 0 radical (unpaired) electrons. The monoisotopic (exact) mass is 494 g/mol. The van der Waals surface area contributed by atoms with Crippen molar-refractivity contribution in [1.82, 2.24) is 20.0 Å². The van der Waals surface area contributed by atoms with Gasteiger partial charge in [0.15, 0.2) is 0 Å². The van der Waals surface area contributed by atoms with Gasteiger partial charge in [0, 0.05) is 31.3 Å². The van der Waals surface area contributed by atoms with Crippen molar-refractivity contribution in [1.29, 1.82) is 0 Å². The molecule has 9 nitrogen and oxygen atoms in total. The van der Waals surface area contributed by atoms with E-state index in [2.05, 4.69) is 15.1 Å². The van der Waals surface area contributed by atoms with E-state index < -0.39 is 23.8 Å². The van der Waals surface area contributed by atoms with Gasteiger partial charge >= 0.3 is 0 Å². The van der Waals surface area contributed by atoms with Crippen LogP contribution in [0.4, 0.5) is 0 Å². The summed E-state index contributed by atoms with van der Waals surface area (Å²) in [6.45, 7) is 4.85. The Kier molecular flexibility index (Phi) is 6.29. The van der Waals surface area contributed by atoms with Crippen LogP contribution in [0, 0.1) is 0 Å². The summed E-state index contributed by atoms with van der Waals surface area (Å²) in [6.07, 6.45) is 8.89. The quantitative estimate of drug-likeness (QED) is 0.625. The Morgan fingerprint density at radius 1 is 0.778 bits per heavy atom. The van der Waals surface area contributed by atoms with Gasteiger partial charge in [-0.05, 0) is 76.5 Å². The molecule has 36 heavy (non-hydrogen) atoms. The molecule has 1 N–H and O–H groups in total. The van der Waals surface area contributed by atoms with E-state index in [-0.39, 0.29) is 36.0 Å². The number of hydrogen-bond acceptors (Lipinski definition) is 7. The third kappa shape index (κ3) is 4.32. The smallest absolute Gasteiger partial charge is 0.262 e. The number of nitrogens with one attached hydrogen (secondary N) is 1. The molecule has 4 heterocycles. The predicted octanol–water partition coefficient (Wildman–Crippen LogP) is 1.95. The second-order valence-electron chi connectivity index (χ2n) is 10.9. The number of likely N-dealkylation sites (tertiary alicyclic amines) is 2. The van der Waals surface area contributed by atoms with E-state index >= 15 is 0 Å². The van der Waals surface area contributed by atoms with Gasteiger partial charge in [0.25, 0.3) is 11.8 Å². The molecular formula is C27H34N4O5.